The molecular weight excluding hydrogens is 348 g/mol. The average Bonchev–Trinajstić information content (AvgIpc) is 2.96. The Labute approximate surface area is 145 Å². The molecule has 0 spiro atoms. The summed E-state index contributed by atoms with van der Waals surface area (Å²) in [6, 6.07) is 13.0. The highest BCUT2D eigenvalue weighted by molar-refractivity contribution is 8.14. The number of nitrogens with zero attached hydrogens (tertiary/aromatic N) is 2. The molecule has 1 aromatic heterocycles. The lowest BCUT2D eigenvalue weighted by Crippen LogP contribution is -2.26. The van der Waals surface area contributed by atoms with Crippen LogP contribution in [0.4, 0.5) is 5.69 Å². The summed E-state index contributed by atoms with van der Waals surface area (Å²) in [5.41, 5.74) is 2.38. The van der Waals surface area contributed by atoms with E-state index in [0.29, 0.717) is 5.69 Å². The van der Waals surface area contributed by atoms with Gasteiger partial charge in [0.15, 0.2) is 0 Å². The van der Waals surface area contributed by atoms with Crippen molar-refractivity contribution in [3.63, 3.8) is 0 Å². The maximum Gasteiger partial charge on any atom is 0.237 e. The molecule has 1 aliphatic heterocycles. The standard InChI is InChI=1S/C17H15ClN2O3S/c18-24(22,23)16-11-17(21)20(12-16)15-6-3-4-13(10-15)7-8-14-5-1-2-9-19-14/h1-10,16H,11-12H2. The van der Waals surface area contributed by atoms with Crippen LogP contribution in [0.25, 0.3) is 12.2 Å². The summed E-state index contributed by atoms with van der Waals surface area (Å²) in [6.07, 6.45) is 5.39. The van der Waals surface area contributed by atoms with Crippen LogP contribution in [-0.4, -0.2) is 31.1 Å². The van der Waals surface area contributed by atoms with Crippen molar-refractivity contribution in [1.82, 2.24) is 4.98 Å². The summed E-state index contributed by atoms with van der Waals surface area (Å²) in [6.45, 7) is 0.0814. The van der Waals surface area contributed by atoms with Gasteiger partial charge < -0.3 is 4.90 Å². The van der Waals surface area contributed by atoms with Crippen molar-refractivity contribution in [2.45, 2.75) is 11.7 Å². The number of anilines is 1. The maximum atomic E-state index is 12.1. The van der Waals surface area contributed by atoms with E-state index in [1.807, 2.05) is 48.6 Å². The highest BCUT2D eigenvalue weighted by Crippen LogP contribution is 2.27. The third kappa shape index (κ3) is 3.83. The van der Waals surface area contributed by atoms with E-state index >= 15 is 0 Å². The summed E-state index contributed by atoms with van der Waals surface area (Å²) < 4.78 is 22.9. The van der Waals surface area contributed by atoms with E-state index in [1.165, 1.54) is 4.90 Å². The average molecular weight is 363 g/mol. The van der Waals surface area contributed by atoms with E-state index in [-0.39, 0.29) is 18.9 Å². The number of carbonyl (C=O) groups is 1. The van der Waals surface area contributed by atoms with Gasteiger partial charge in [0.2, 0.25) is 15.0 Å². The van der Waals surface area contributed by atoms with Crippen molar-refractivity contribution < 1.29 is 13.2 Å². The fraction of sp³-hybridized carbons (Fsp3) is 0.176. The number of carbonyl (C=O) groups excluding carboxylic acids is 1. The molecule has 1 amide bonds. The number of benzene rings is 1. The van der Waals surface area contributed by atoms with Crippen molar-refractivity contribution in [1.29, 1.82) is 0 Å². The molecule has 0 aliphatic carbocycles. The number of aromatic nitrogens is 1. The van der Waals surface area contributed by atoms with Crippen LogP contribution in [0.15, 0.2) is 48.7 Å². The van der Waals surface area contributed by atoms with E-state index in [9.17, 15) is 13.2 Å². The molecule has 1 atom stereocenters. The normalized spacial score (nSPS) is 18.5. The first kappa shape index (κ1) is 16.7. The van der Waals surface area contributed by atoms with Gasteiger partial charge in [-0.1, -0.05) is 24.3 Å². The smallest absolute Gasteiger partial charge is 0.237 e. The molecule has 1 unspecified atom stereocenters. The van der Waals surface area contributed by atoms with Crippen molar-refractivity contribution in [3.05, 3.63) is 59.9 Å². The van der Waals surface area contributed by atoms with Crippen LogP contribution < -0.4 is 4.90 Å². The topological polar surface area (TPSA) is 67.3 Å². The fourth-order valence-electron chi connectivity index (χ4n) is 2.57. The van der Waals surface area contributed by atoms with E-state index in [2.05, 4.69) is 4.98 Å². The van der Waals surface area contributed by atoms with Gasteiger partial charge in [-0.25, -0.2) is 8.42 Å². The number of amides is 1. The van der Waals surface area contributed by atoms with E-state index in [1.54, 1.807) is 12.3 Å². The summed E-state index contributed by atoms with van der Waals surface area (Å²) in [5.74, 6) is -0.241. The maximum absolute atomic E-state index is 12.1. The van der Waals surface area contributed by atoms with Crippen LogP contribution in [0.5, 0.6) is 0 Å². The van der Waals surface area contributed by atoms with E-state index in [4.69, 9.17) is 10.7 Å². The molecule has 1 aromatic carbocycles. The van der Waals surface area contributed by atoms with Gasteiger partial charge in [-0.3, -0.25) is 9.78 Å². The second kappa shape index (κ2) is 6.75. The zero-order valence-electron chi connectivity index (χ0n) is 12.7. The molecule has 0 saturated carbocycles. The first-order chi connectivity index (χ1) is 11.4. The van der Waals surface area contributed by atoms with Gasteiger partial charge in [0.05, 0.1) is 5.69 Å². The Morgan fingerprint density at radius 3 is 2.67 bits per heavy atom. The molecule has 1 aliphatic rings. The van der Waals surface area contributed by atoms with Gasteiger partial charge in [0.25, 0.3) is 0 Å². The fourth-order valence-corrected chi connectivity index (χ4v) is 3.59. The Kier molecular flexibility index (Phi) is 4.69. The minimum absolute atomic E-state index is 0.0814. The molecular formula is C17H15ClN2O3S. The second-order valence-corrected chi connectivity index (χ2v) is 8.40. The van der Waals surface area contributed by atoms with Crippen molar-refractivity contribution >= 4 is 43.5 Å². The predicted octanol–water partition coefficient (Wildman–Crippen LogP) is 2.93. The van der Waals surface area contributed by atoms with Gasteiger partial charge in [0, 0.05) is 35.5 Å². The summed E-state index contributed by atoms with van der Waals surface area (Å²) in [7, 11) is 1.64. The van der Waals surface area contributed by atoms with Crippen LogP contribution >= 0.6 is 10.7 Å². The molecule has 124 valence electrons. The third-order valence-corrected chi connectivity index (χ3v) is 5.67. The zero-order chi connectivity index (χ0) is 17.2. The Bertz CT molecular complexity index is 882. The van der Waals surface area contributed by atoms with Crippen LogP contribution in [-0.2, 0) is 13.8 Å². The minimum Gasteiger partial charge on any atom is -0.311 e. The number of hydrogen-bond acceptors (Lipinski definition) is 4. The van der Waals surface area contributed by atoms with Gasteiger partial charge in [-0.2, -0.15) is 0 Å². The molecule has 0 bridgehead atoms. The molecule has 1 fully saturated rings. The SMILES string of the molecule is O=C1CC(S(=O)(=O)Cl)CN1c1cccc(C=Cc2ccccn2)c1. The van der Waals surface area contributed by atoms with E-state index in [0.717, 1.165) is 11.3 Å². The summed E-state index contributed by atoms with van der Waals surface area (Å²) in [4.78, 5) is 17.8. The van der Waals surface area contributed by atoms with Gasteiger partial charge >= 0.3 is 0 Å². The predicted molar refractivity (Wildman–Crippen MR) is 95.1 cm³/mol. The van der Waals surface area contributed by atoms with Crippen LogP contribution in [0.1, 0.15) is 17.7 Å². The molecule has 0 N–H and O–H groups in total. The Morgan fingerprint density at radius 1 is 1.17 bits per heavy atom. The largest absolute Gasteiger partial charge is 0.311 e. The quantitative estimate of drug-likeness (QED) is 0.784. The lowest BCUT2D eigenvalue weighted by Gasteiger charge is -2.16. The summed E-state index contributed by atoms with van der Waals surface area (Å²) in [5, 5.41) is -0.862. The second-order valence-electron chi connectivity index (χ2n) is 5.49. The Morgan fingerprint density at radius 2 is 2.00 bits per heavy atom. The number of rotatable bonds is 4. The first-order valence-electron chi connectivity index (χ1n) is 7.36. The number of hydrogen-bond donors (Lipinski definition) is 0. The molecule has 7 heteroatoms. The Balaban J connectivity index is 1.81. The van der Waals surface area contributed by atoms with Gasteiger partial charge in [-0.05, 0) is 35.9 Å². The minimum atomic E-state index is -3.75. The molecule has 24 heavy (non-hydrogen) atoms. The van der Waals surface area contributed by atoms with Crippen LogP contribution in [0.2, 0.25) is 0 Å². The molecule has 2 aromatic rings. The first-order valence-corrected chi connectivity index (χ1v) is 9.74. The lowest BCUT2D eigenvalue weighted by molar-refractivity contribution is -0.117. The Hall–Kier alpha value is -2.18. The molecule has 0 radical (unpaired) electrons. The highest BCUT2D eigenvalue weighted by atomic mass is 35.7. The molecule has 5 nitrogen and oxygen atoms in total. The van der Waals surface area contributed by atoms with Crippen LogP contribution in [0, 0.1) is 0 Å². The van der Waals surface area contributed by atoms with Crippen molar-refractivity contribution in [3.8, 4) is 0 Å². The van der Waals surface area contributed by atoms with Crippen molar-refractivity contribution in [2.75, 3.05) is 11.4 Å². The van der Waals surface area contributed by atoms with Gasteiger partial charge in [-0.15, -0.1) is 0 Å². The van der Waals surface area contributed by atoms with Crippen LogP contribution in [0.3, 0.4) is 0 Å². The molecule has 1 saturated heterocycles. The zero-order valence-corrected chi connectivity index (χ0v) is 14.2. The number of halogens is 1. The van der Waals surface area contributed by atoms with Gasteiger partial charge in [0.1, 0.15) is 5.25 Å². The van der Waals surface area contributed by atoms with E-state index < -0.39 is 14.3 Å². The number of pyridine rings is 1. The lowest BCUT2D eigenvalue weighted by atomic mass is 10.1. The molecule has 2 heterocycles. The molecule has 3 rings (SSSR count). The monoisotopic (exact) mass is 362 g/mol. The third-order valence-electron chi connectivity index (χ3n) is 3.80. The summed E-state index contributed by atoms with van der Waals surface area (Å²) >= 11 is 0. The van der Waals surface area contributed by atoms with Crippen molar-refractivity contribution in [2.24, 2.45) is 0 Å². The highest BCUT2D eigenvalue weighted by Gasteiger charge is 2.37.